The van der Waals surface area contributed by atoms with Crippen molar-refractivity contribution in [3.8, 4) is 0 Å². The molecule has 0 N–H and O–H groups in total. The summed E-state index contributed by atoms with van der Waals surface area (Å²) < 4.78 is 6.00. The van der Waals surface area contributed by atoms with Crippen molar-refractivity contribution in [2.75, 3.05) is 0 Å². The summed E-state index contributed by atoms with van der Waals surface area (Å²) >= 11 is 0. The minimum absolute atomic E-state index is 0.185. The molecule has 98 valence electrons. The Morgan fingerprint density at radius 3 is 2.41 bits per heavy atom. The molecule has 0 aliphatic rings. The summed E-state index contributed by atoms with van der Waals surface area (Å²) in [6.45, 7) is 14.2. The molecule has 0 aliphatic heterocycles. The number of hydrogen-bond acceptors (Lipinski definition) is 1. The lowest BCUT2D eigenvalue weighted by atomic mass is 10.0. The molecule has 1 nitrogen and oxygen atoms in total. The van der Waals surface area contributed by atoms with Crippen molar-refractivity contribution >= 4 is 0 Å². The fourth-order valence-electron chi connectivity index (χ4n) is 1.64. The van der Waals surface area contributed by atoms with Crippen molar-refractivity contribution in [3.05, 3.63) is 37.6 Å². The van der Waals surface area contributed by atoms with E-state index in [2.05, 4.69) is 52.8 Å². The first-order chi connectivity index (χ1) is 8.17. The van der Waals surface area contributed by atoms with Crippen LogP contribution in [0.1, 0.15) is 52.9 Å². The molecule has 0 aliphatic carbocycles. The van der Waals surface area contributed by atoms with Gasteiger partial charge in [0.05, 0.1) is 12.2 Å². The molecule has 0 saturated carbocycles. The quantitative estimate of drug-likeness (QED) is 0.517. The number of rotatable bonds is 9. The van der Waals surface area contributed by atoms with Crippen molar-refractivity contribution in [3.63, 3.8) is 0 Å². The van der Waals surface area contributed by atoms with E-state index in [4.69, 9.17) is 4.74 Å². The van der Waals surface area contributed by atoms with Gasteiger partial charge in [0.25, 0.3) is 0 Å². The average Bonchev–Trinajstić information content (AvgIpc) is 2.34. The molecule has 0 rings (SSSR count). The predicted molar refractivity (Wildman–Crippen MR) is 76.7 cm³/mol. The Morgan fingerprint density at radius 2 is 1.94 bits per heavy atom. The van der Waals surface area contributed by atoms with E-state index in [0.29, 0.717) is 6.10 Å². The Bertz CT molecular complexity index is 228. The summed E-state index contributed by atoms with van der Waals surface area (Å²) in [6, 6.07) is 0. The van der Waals surface area contributed by atoms with Crippen molar-refractivity contribution in [1.82, 2.24) is 0 Å². The molecule has 0 saturated heterocycles. The molecule has 0 aromatic rings. The molecule has 2 unspecified atom stereocenters. The van der Waals surface area contributed by atoms with Gasteiger partial charge in [-0.2, -0.15) is 0 Å². The lowest BCUT2D eigenvalue weighted by Gasteiger charge is -2.20. The highest BCUT2D eigenvalue weighted by Gasteiger charge is 2.10. The standard InChI is InChI=1S/C16H28O/c1-6-10-12-16(17-14(5)8-3)13-15(9-4)11-7-2/h10-12,14,16H,1-2,6-9,13H2,3-5H3. The molecule has 0 aromatic carbocycles. The second-order valence-electron chi connectivity index (χ2n) is 4.32. The van der Waals surface area contributed by atoms with Crippen LogP contribution in [0.5, 0.6) is 0 Å². The van der Waals surface area contributed by atoms with Crippen LogP contribution in [0.2, 0.25) is 0 Å². The molecule has 0 spiro atoms. The lowest BCUT2D eigenvalue weighted by molar-refractivity contribution is 0.0225. The van der Waals surface area contributed by atoms with E-state index in [9.17, 15) is 0 Å². The van der Waals surface area contributed by atoms with Crippen LogP contribution in [0.3, 0.4) is 0 Å². The second kappa shape index (κ2) is 10.6. The highest BCUT2D eigenvalue weighted by Crippen LogP contribution is 2.16. The summed E-state index contributed by atoms with van der Waals surface area (Å²) in [4.78, 5) is 0. The monoisotopic (exact) mass is 236 g/mol. The van der Waals surface area contributed by atoms with Crippen LogP contribution >= 0.6 is 0 Å². The SMILES string of the molecule is [CH2]CC=CC(CC(=CC[CH2])CC)OC(C)CC. The maximum absolute atomic E-state index is 6.00. The van der Waals surface area contributed by atoms with E-state index in [0.717, 1.165) is 32.1 Å². The summed E-state index contributed by atoms with van der Waals surface area (Å²) in [5.41, 5.74) is 1.43. The minimum Gasteiger partial charge on any atom is -0.371 e. The molecular weight excluding hydrogens is 208 g/mol. The summed E-state index contributed by atoms with van der Waals surface area (Å²) in [5.74, 6) is 0. The first-order valence-electron chi connectivity index (χ1n) is 6.76. The van der Waals surface area contributed by atoms with E-state index in [1.54, 1.807) is 0 Å². The van der Waals surface area contributed by atoms with E-state index in [1.807, 2.05) is 0 Å². The Kier molecular flexibility index (Phi) is 10.2. The lowest BCUT2D eigenvalue weighted by Crippen LogP contribution is -2.18. The molecule has 0 heterocycles. The molecule has 2 atom stereocenters. The van der Waals surface area contributed by atoms with Crippen molar-refractivity contribution < 1.29 is 4.74 Å². The summed E-state index contributed by atoms with van der Waals surface area (Å²) in [6.07, 6.45) is 11.7. The van der Waals surface area contributed by atoms with Crippen molar-refractivity contribution in [1.29, 1.82) is 0 Å². The van der Waals surface area contributed by atoms with Crippen molar-refractivity contribution in [2.45, 2.75) is 65.1 Å². The van der Waals surface area contributed by atoms with Gasteiger partial charge >= 0.3 is 0 Å². The predicted octanol–water partition coefficient (Wildman–Crippen LogP) is 4.90. The summed E-state index contributed by atoms with van der Waals surface area (Å²) in [5, 5.41) is 0. The molecule has 0 aromatic heterocycles. The van der Waals surface area contributed by atoms with Gasteiger partial charge in [0.15, 0.2) is 0 Å². The Morgan fingerprint density at radius 1 is 1.24 bits per heavy atom. The van der Waals surface area contributed by atoms with Gasteiger partial charge in [0, 0.05) is 0 Å². The smallest absolute Gasteiger partial charge is 0.0796 e. The van der Waals surface area contributed by atoms with Gasteiger partial charge in [0.1, 0.15) is 0 Å². The zero-order valence-electron chi connectivity index (χ0n) is 11.7. The van der Waals surface area contributed by atoms with Crippen LogP contribution in [0.4, 0.5) is 0 Å². The van der Waals surface area contributed by atoms with Gasteiger partial charge in [-0.15, -0.1) is 0 Å². The third-order valence-electron chi connectivity index (χ3n) is 2.85. The van der Waals surface area contributed by atoms with Crippen LogP contribution < -0.4 is 0 Å². The van der Waals surface area contributed by atoms with Gasteiger partial charge in [-0.05, 0) is 52.9 Å². The topological polar surface area (TPSA) is 9.23 Å². The van der Waals surface area contributed by atoms with E-state index >= 15 is 0 Å². The van der Waals surface area contributed by atoms with Crippen LogP contribution in [0.25, 0.3) is 0 Å². The zero-order chi connectivity index (χ0) is 13.1. The molecule has 0 amide bonds. The number of hydrogen-bond donors (Lipinski definition) is 0. The van der Waals surface area contributed by atoms with Crippen LogP contribution in [-0.4, -0.2) is 12.2 Å². The molecular formula is C16H28O. The van der Waals surface area contributed by atoms with Gasteiger partial charge in [-0.25, -0.2) is 0 Å². The van der Waals surface area contributed by atoms with E-state index < -0.39 is 0 Å². The van der Waals surface area contributed by atoms with Crippen LogP contribution in [0, 0.1) is 13.8 Å². The molecule has 1 heteroatoms. The summed E-state index contributed by atoms with van der Waals surface area (Å²) in [7, 11) is 0. The zero-order valence-corrected chi connectivity index (χ0v) is 11.7. The highest BCUT2D eigenvalue weighted by atomic mass is 16.5. The second-order valence-corrected chi connectivity index (χ2v) is 4.32. The van der Waals surface area contributed by atoms with Crippen LogP contribution in [-0.2, 0) is 4.74 Å². The van der Waals surface area contributed by atoms with E-state index in [-0.39, 0.29) is 6.10 Å². The Hall–Kier alpha value is -0.560. The third kappa shape index (κ3) is 8.20. The molecule has 17 heavy (non-hydrogen) atoms. The largest absolute Gasteiger partial charge is 0.371 e. The van der Waals surface area contributed by atoms with Gasteiger partial charge in [-0.1, -0.05) is 37.6 Å². The maximum Gasteiger partial charge on any atom is 0.0796 e. The first kappa shape index (κ1) is 16.4. The molecule has 0 bridgehead atoms. The molecule has 2 radical (unpaired) electrons. The number of ether oxygens (including phenoxy) is 1. The van der Waals surface area contributed by atoms with Gasteiger partial charge < -0.3 is 4.74 Å². The Balaban J connectivity index is 4.45. The maximum atomic E-state index is 6.00. The van der Waals surface area contributed by atoms with Gasteiger partial charge in [0.2, 0.25) is 0 Å². The first-order valence-corrected chi connectivity index (χ1v) is 6.76. The fourth-order valence-corrected chi connectivity index (χ4v) is 1.64. The van der Waals surface area contributed by atoms with E-state index in [1.165, 1.54) is 5.57 Å². The van der Waals surface area contributed by atoms with Gasteiger partial charge in [-0.3, -0.25) is 0 Å². The van der Waals surface area contributed by atoms with Crippen molar-refractivity contribution in [2.24, 2.45) is 0 Å². The Labute approximate surface area is 108 Å². The highest BCUT2D eigenvalue weighted by molar-refractivity contribution is 5.07. The third-order valence-corrected chi connectivity index (χ3v) is 2.85. The average molecular weight is 236 g/mol. The fraction of sp³-hybridized carbons (Fsp3) is 0.625. The molecule has 0 fully saturated rings. The minimum atomic E-state index is 0.185. The normalized spacial score (nSPS) is 16.4. The number of allylic oxidation sites excluding steroid dienone is 2. The van der Waals surface area contributed by atoms with Crippen LogP contribution in [0.15, 0.2) is 23.8 Å².